The molecule has 0 aliphatic heterocycles. The standard InChI is InChI=1S/C8H8N2S.Zn/c11-4-6-2-1-3-7-8(6)10-5-9-7;/h1-3,5,11H,4H2,(H,9,10);. The second-order valence-corrected chi connectivity index (χ2v) is 2.69. The Balaban J connectivity index is 0.000000720. The summed E-state index contributed by atoms with van der Waals surface area (Å²) in [4.78, 5) is 7.23. The second-order valence-electron chi connectivity index (χ2n) is 2.37. The van der Waals surface area contributed by atoms with Gasteiger partial charge in [-0.05, 0) is 11.6 Å². The largest absolute Gasteiger partial charge is 0.345 e. The number of benzene rings is 1. The third-order valence-corrected chi connectivity index (χ3v) is 2.04. The molecule has 1 heterocycles. The van der Waals surface area contributed by atoms with Gasteiger partial charge in [0.05, 0.1) is 17.4 Å². The first kappa shape index (κ1) is 9.75. The minimum atomic E-state index is 0. The van der Waals surface area contributed by atoms with Gasteiger partial charge in [-0.1, -0.05) is 12.1 Å². The summed E-state index contributed by atoms with van der Waals surface area (Å²) in [5.74, 6) is 0.738. The van der Waals surface area contributed by atoms with E-state index in [2.05, 4.69) is 22.6 Å². The van der Waals surface area contributed by atoms with Crippen molar-refractivity contribution in [3.05, 3.63) is 30.1 Å². The maximum atomic E-state index is 4.21. The molecule has 2 nitrogen and oxygen atoms in total. The Kier molecular flexibility index (Phi) is 3.30. The Hall–Kier alpha value is -0.337. The summed E-state index contributed by atoms with van der Waals surface area (Å²) in [5.41, 5.74) is 3.28. The van der Waals surface area contributed by atoms with E-state index >= 15 is 0 Å². The van der Waals surface area contributed by atoms with Crippen LogP contribution in [-0.2, 0) is 25.2 Å². The summed E-state index contributed by atoms with van der Waals surface area (Å²) < 4.78 is 0. The van der Waals surface area contributed by atoms with Gasteiger partial charge in [-0.25, -0.2) is 4.98 Å². The zero-order valence-electron chi connectivity index (χ0n) is 6.62. The fourth-order valence-electron chi connectivity index (χ4n) is 1.15. The molecule has 0 amide bonds. The molecule has 58 valence electrons. The Labute approximate surface area is 88.9 Å². The van der Waals surface area contributed by atoms with E-state index in [0.717, 1.165) is 16.8 Å². The predicted octanol–water partition coefficient (Wildman–Crippen LogP) is 1.99. The monoisotopic (exact) mass is 228 g/mol. The predicted molar refractivity (Wildman–Crippen MR) is 48.8 cm³/mol. The summed E-state index contributed by atoms with van der Waals surface area (Å²) in [6.45, 7) is 0. The van der Waals surface area contributed by atoms with E-state index in [-0.39, 0.29) is 19.5 Å². The van der Waals surface area contributed by atoms with Crippen molar-refractivity contribution in [2.24, 2.45) is 0 Å². The van der Waals surface area contributed by atoms with E-state index in [1.807, 2.05) is 18.2 Å². The molecular weight excluding hydrogens is 222 g/mol. The summed E-state index contributed by atoms with van der Waals surface area (Å²) in [5, 5.41) is 0. The molecule has 4 heteroatoms. The molecule has 0 unspecified atom stereocenters. The van der Waals surface area contributed by atoms with Gasteiger partial charge in [0.25, 0.3) is 0 Å². The number of imidazole rings is 1. The fourth-order valence-corrected chi connectivity index (χ4v) is 1.41. The van der Waals surface area contributed by atoms with Crippen molar-refractivity contribution >= 4 is 23.7 Å². The smallest absolute Gasteiger partial charge is 0.0932 e. The zero-order valence-corrected chi connectivity index (χ0v) is 10.5. The minimum absolute atomic E-state index is 0. The molecule has 0 aliphatic rings. The third kappa shape index (κ3) is 1.55. The van der Waals surface area contributed by atoms with Gasteiger partial charge < -0.3 is 4.98 Å². The van der Waals surface area contributed by atoms with Gasteiger partial charge in [-0.15, -0.1) is 0 Å². The number of hydrogen-bond donors (Lipinski definition) is 2. The summed E-state index contributed by atoms with van der Waals surface area (Å²) in [6, 6.07) is 6.05. The molecule has 1 aromatic carbocycles. The van der Waals surface area contributed by atoms with E-state index in [0.29, 0.717) is 0 Å². The zero-order chi connectivity index (χ0) is 7.68. The number of fused-ring (bicyclic) bond motifs is 1. The summed E-state index contributed by atoms with van der Waals surface area (Å²) in [6.07, 6.45) is 1.71. The van der Waals surface area contributed by atoms with Crippen molar-refractivity contribution < 1.29 is 19.5 Å². The van der Waals surface area contributed by atoms with Crippen molar-refractivity contribution in [2.75, 3.05) is 0 Å². The molecule has 1 N–H and O–H groups in total. The van der Waals surface area contributed by atoms with Gasteiger partial charge in [-0.3, -0.25) is 0 Å². The molecule has 0 spiro atoms. The molecule has 0 saturated heterocycles. The number of aromatic nitrogens is 2. The average molecular weight is 230 g/mol. The van der Waals surface area contributed by atoms with Crippen molar-refractivity contribution in [1.29, 1.82) is 0 Å². The first-order valence-corrected chi connectivity index (χ1v) is 4.07. The maximum absolute atomic E-state index is 4.21. The van der Waals surface area contributed by atoms with Crippen LogP contribution >= 0.6 is 12.6 Å². The van der Waals surface area contributed by atoms with Gasteiger partial charge in [0.15, 0.2) is 0 Å². The van der Waals surface area contributed by atoms with Gasteiger partial charge in [0.2, 0.25) is 0 Å². The third-order valence-electron chi connectivity index (χ3n) is 1.70. The van der Waals surface area contributed by atoms with E-state index < -0.39 is 0 Å². The topological polar surface area (TPSA) is 28.7 Å². The normalized spacial score (nSPS) is 9.75. The van der Waals surface area contributed by atoms with Crippen molar-refractivity contribution in [1.82, 2.24) is 9.97 Å². The Morgan fingerprint density at radius 3 is 3.00 bits per heavy atom. The number of H-pyrrole nitrogens is 1. The number of hydrogen-bond acceptors (Lipinski definition) is 2. The Morgan fingerprint density at radius 1 is 1.42 bits per heavy atom. The van der Waals surface area contributed by atoms with Crippen LogP contribution in [0.15, 0.2) is 24.5 Å². The van der Waals surface area contributed by atoms with Crippen LogP contribution in [-0.4, -0.2) is 9.97 Å². The Morgan fingerprint density at radius 2 is 2.25 bits per heavy atom. The van der Waals surface area contributed by atoms with Crippen LogP contribution in [0.1, 0.15) is 5.56 Å². The van der Waals surface area contributed by atoms with Crippen molar-refractivity contribution in [2.45, 2.75) is 5.75 Å². The first-order chi connectivity index (χ1) is 5.42. The van der Waals surface area contributed by atoms with Crippen LogP contribution in [0.5, 0.6) is 0 Å². The average Bonchev–Trinajstić information content (AvgIpc) is 2.50. The van der Waals surface area contributed by atoms with Gasteiger partial charge >= 0.3 is 0 Å². The molecular formula is C8H8N2SZn. The van der Waals surface area contributed by atoms with Crippen LogP contribution in [0.3, 0.4) is 0 Å². The van der Waals surface area contributed by atoms with E-state index in [1.54, 1.807) is 6.33 Å². The van der Waals surface area contributed by atoms with Gasteiger partial charge in [0.1, 0.15) is 0 Å². The molecule has 0 saturated carbocycles. The van der Waals surface area contributed by atoms with Crippen LogP contribution in [0, 0.1) is 0 Å². The molecule has 0 radical (unpaired) electrons. The van der Waals surface area contributed by atoms with Gasteiger partial charge in [0, 0.05) is 25.2 Å². The molecule has 1 aromatic heterocycles. The fraction of sp³-hybridized carbons (Fsp3) is 0.125. The number of thiol groups is 1. The van der Waals surface area contributed by atoms with Gasteiger partial charge in [-0.2, -0.15) is 12.6 Å². The van der Waals surface area contributed by atoms with Crippen molar-refractivity contribution in [3.63, 3.8) is 0 Å². The Bertz CT molecular complexity index is 372. The second kappa shape index (κ2) is 4.06. The van der Waals surface area contributed by atoms with E-state index in [4.69, 9.17) is 0 Å². The van der Waals surface area contributed by atoms with Crippen LogP contribution in [0.4, 0.5) is 0 Å². The van der Waals surface area contributed by atoms with E-state index in [1.165, 1.54) is 5.56 Å². The number of nitrogens with one attached hydrogen (secondary N) is 1. The summed E-state index contributed by atoms with van der Waals surface area (Å²) in [7, 11) is 0. The summed E-state index contributed by atoms with van der Waals surface area (Å²) >= 11 is 4.21. The molecule has 2 aromatic rings. The minimum Gasteiger partial charge on any atom is -0.345 e. The number of para-hydroxylation sites is 1. The number of rotatable bonds is 1. The molecule has 0 fully saturated rings. The SMILES string of the molecule is SCc1cccc2[nH]cnc12.[Zn]. The molecule has 0 aliphatic carbocycles. The quantitative estimate of drug-likeness (QED) is 0.568. The van der Waals surface area contributed by atoms with E-state index in [9.17, 15) is 0 Å². The van der Waals surface area contributed by atoms with Crippen molar-refractivity contribution in [3.8, 4) is 0 Å². The first-order valence-electron chi connectivity index (χ1n) is 3.43. The molecule has 0 bridgehead atoms. The molecule has 12 heavy (non-hydrogen) atoms. The van der Waals surface area contributed by atoms with Crippen LogP contribution < -0.4 is 0 Å². The van der Waals surface area contributed by atoms with Crippen LogP contribution in [0.2, 0.25) is 0 Å². The maximum Gasteiger partial charge on any atom is 0.0932 e. The number of nitrogens with zero attached hydrogens (tertiary/aromatic N) is 1. The number of aromatic amines is 1. The molecule has 0 atom stereocenters. The molecule has 2 rings (SSSR count). The van der Waals surface area contributed by atoms with Crippen LogP contribution in [0.25, 0.3) is 11.0 Å².